The average molecular weight is 940 g/mol. The van der Waals surface area contributed by atoms with Crippen molar-refractivity contribution in [3.8, 4) is 44.5 Å². The van der Waals surface area contributed by atoms with Gasteiger partial charge in [-0.2, -0.15) is 0 Å². The zero-order valence-electron chi connectivity index (χ0n) is 41.1. The summed E-state index contributed by atoms with van der Waals surface area (Å²) in [6.07, 6.45) is 10.2. The Labute approximate surface area is 426 Å². The highest BCUT2D eigenvalue weighted by Gasteiger charge is 2.52. The van der Waals surface area contributed by atoms with Crippen molar-refractivity contribution in [3.63, 3.8) is 0 Å². The quantitative estimate of drug-likeness (QED) is 0.157. The molecule has 73 heavy (non-hydrogen) atoms. The minimum Gasteiger partial charge on any atom is -0.456 e. The van der Waals surface area contributed by atoms with Crippen molar-refractivity contribution in [1.29, 1.82) is 0 Å². The lowest BCUT2D eigenvalue weighted by Crippen LogP contribution is -2.36. The minimum absolute atomic E-state index is 0.321. The van der Waals surface area contributed by atoms with Gasteiger partial charge in [-0.05, 0) is 134 Å². The number of hydrogen-bond acceptors (Lipinski definition) is 4. The number of benzene rings is 9. The van der Waals surface area contributed by atoms with E-state index < -0.39 is 6.17 Å². The summed E-state index contributed by atoms with van der Waals surface area (Å²) < 4.78 is 6.56. The molecule has 0 saturated heterocycles. The van der Waals surface area contributed by atoms with Gasteiger partial charge in [0.1, 0.15) is 22.8 Å². The van der Waals surface area contributed by atoms with E-state index in [-0.39, 0.29) is 5.41 Å². The maximum Gasteiger partial charge on any atom is 0.169 e. The standard InChI is InChI=1S/C69H53N3O/c1-3-44(41-49-23-10-11-24-52(49)51-39-40-61-64(43(51)2)56-27-14-17-31-60(56)69(61)58-29-15-12-25-54(58)55-26-13-16-30-59(55)69)45-33-35-48(36-34-45)67-70-66(47-21-8-5-9-22-47)71-68(72-67)50-37-38-57-63(42-50)73-62-32-18-28-53(65(57)62)46-19-6-4-7-20-46/h4,6-8,10-40,42,44,68H,3,5,9,41H2,1-2H3,(H,70,71,72). The zero-order chi connectivity index (χ0) is 48.6. The zero-order valence-corrected chi connectivity index (χ0v) is 41.1. The van der Waals surface area contributed by atoms with Crippen LogP contribution in [0.5, 0.6) is 0 Å². The van der Waals surface area contributed by atoms with E-state index >= 15 is 0 Å². The molecule has 10 aromatic rings. The fourth-order valence-corrected chi connectivity index (χ4v) is 12.8. The van der Waals surface area contributed by atoms with Gasteiger partial charge < -0.3 is 9.73 Å². The summed E-state index contributed by atoms with van der Waals surface area (Å²) in [4.78, 5) is 10.6. The van der Waals surface area contributed by atoms with Crippen molar-refractivity contribution in [2.24, 2.45) is 9.98 Å². The Bertz CT molecular complexity index is 3930. The highest BCUT2D eigenvalue weighted by molar-refractivity contribution is 6.17. The van der Waals surface area contributed by atoms with Crippen LogP contribution in [-0.4, -0.2) is 11.7 Å². The highest BCUT2D eigenvalue weighted by atomic mass is 16.3. The molecule has 1 aliphatic heterocycles. The first kappa shape index (κ1) is 43.2. The molecule has 350 valence electrons. The number of hydrogen-bond donors (Lipinski definition) is 1. The van der Waals surface area contributed by atoms with Crippen LogP contribution >= 0.6 is 0 Å². The molecule has 1 spiro atoms. The van der Waals surface area contributed by atoms with Crippen molar-refractivity contribution in [2.75, 3.05) is 0 Å². The molecule has 0 radical (unpaired) electrons. The van der Waals surface area contributed by atoms with Crippen molar-refractivity contribution >= 4 is 33.6 Å². The maximum absolute atomic E-state index is 6.56. The van der Waals surface area contributed by atoms with Gasteiger partial charge in [-0.3, -0.25) is 0 Å². The van der Waals surface area contributed by atoms with E-state index in [1.54, 1.807) is 0 Å². The fourth-order valence-electron chi connectivity index (χ4n) is 12.8. The number of furan rings is 1. The van der Waals surface area contributed by atoms with Crippen LogP contribution < -0.4 is 5.32 Å². The Morgan fingerprint density at radius 2 is 1.23 bits per heavy atom. The van der Waals surface area contributed by atoms with Crippen LogP contribution in [0.2, 0.25) is 0 Å². The third kappa shape index (κ3) is 6.81. The summed E-state index contributed by atoms with van der Waals surface area (Å²) in [5.74, 6) is 1.98. The Balaban J connectivity index is 0.787. The number of amidine groups is 2. The molecule has 1 aromatic heterocycles. The van der Waals surface area contributed by atoms with Gasteiger partial charge in [0.2, 0.25) is 0 Å². The predicted molar refractivity (Wildman–Crippen MR) is 302 cm³/mol. The predicted octanol–water partition coefficient (Wildman–Crippen LogP) is 17.0. The van der Waals surface area contributed by atoms with Crippen molar-refractivity contribution in [2.45, 2.75) is 57.0 Å². The molecule has 3 aliphatic carbocycles. The van der Waals surface area contributed by atoms with Crippen LogP contribution in [0, 0.1) is 6.92 Å². The molecule has 2 atom stereocenters. The number of nitrogens with one attached hydrogen (secondary N) is 1. The molecule has 0 amide bonds. The van der Waals surface area contributed by atoms with Crippen LogP contribution in [0.15, 0.2) is 238 Å². The van der Waals surface area contributed by atoms with Crippen LogP contribution in [0.25, 0.3) is 66.4 Å². The summed E-state index contributed by atoms with van der Waals surface area (Å²) in [5.41, 5.74) is 24.4. The molecular formula is C69H53N3O. The van der Waals surface area contributed by atoms with Crippen LogP contribution in [0.4, 0.5) is 0 Å². The monoisotopic (exact) mass is 939 g/mol. The number of allylic oxidation sites excluding steroid dienone is 2. The van der Waals surface area contributed by atoms with Crippen LogP contribution in [-0.2, 0) is 11.8 Å². The lowest BCUT2D eigenvalue weighted by molar-refractivity contribution is 0.661. The fraction of sp³-hybridized carbons (Fsp3) is 0.130. The van der Waals surface area contributed by atoms with E-state index in [1.807, 2.05) is 0 Å². The van der Waals surface area contributed by atoms with Gasteiger partial charge in [-0.1, -0.05) is 213 Å². The van der Waals surface area contributed by atoms with Gasteiger partial charge >= 0.3 is 0 Å². The molecule has 4 nitrogen and oxygen atoms in total. The lowest BCUT2D eigenvalue weighted by atomic mass is 9.70. The summed E-state index contributed by atoms with van der Waals surface area (Å²) in [7, 11) is 0. The van der Waals surface area contributed by atoms with Crippen molar-refractivity contribution in [1.82, 2.24) is 5.32 Å². The Hall–Kier alpha value is -8.60. The molecule has 1 N–H and O–H groups in total. The van der Waals surface area contributed by atoms with Crippen molar-refractivity contribution in [3.05, 3.63) is 274 Å². The van der Waals surface area contributed by atoms with E-state index in [0.717, 1.165) is 81.6 Å². The van der Waals surface area contributed by atoms with Crippen LogP contribution in [0.1, 0.15) is 88.3 Å². The second kappa shape index (κ2) is 17.3. The van der Waals surface area contributed by atoms with Gasteiger partial charge in [0.25, 0.3) is 0 Å². The lowest BCUT2D eigenvalue weighted by Gasteiger charge is -2.30. The van der Waals surface area contributed by atoms with Gasteiger partial charge in [-0.25, -0.2) is 9.98 Å². The van der Waals surface area contributed by atoms with E-state index in [4.69, 9.17) is 14.4 Å². The van der Waals surface area contributed by atoms with Gasteiger partial charge in [0.15, 0.2) is 6.17 Å². The summed E-state index contributed by atoms with van der Waals surface area (Å²) in [6.45, 7) is 4.68. The van der Waals surface area contributed by atoms with E-state index in [9.17, 15) is 0 Å². The molecule has 2 heterocycles. The van der Waals surface area contributed by atoms with E-state index in [0.29, 0.717) is 5.92 Å². The molecule has 2 unspecified atom stereocenters. The topological polar surface area (TPSA) is 49.9 Å². The molecule has 4 heteroatoms. The van der Waals surface area contributed by atoms with Gasteiger partial charge in [-0.15, -0.1) is 0 Å². The Morgan fingerprint density at radius 1 is 0.562 bits per heavy atom. The molecule has 0 saturated carbocycles. The molecule has 0 bridgehead atoms. The first-order valence-corrected chi connectivity index (χ1v) is 26.0. The second-order valence-corrected chi connectivity index (χ2v) is 20.1. The first-order valence-electron chi connectivity index (χ1n) is 26.0. The average Bonchev–Trinajstić information content (AvgIpc) is 4.09. The van der Waals surface area contributed by atoms with Gasteiger partial charge in [0, 0.05) is 27.5 Å². The maximum atomic E-state index is 6.56. The molecule has 0 fully saturated rings. The minimum atomic E-state index is -0.445. The smallest absolute Gasteiger partial charge is 0.169 e. The summed E-state index contributed by atoms with van der Waals surface area (Å²) in [6, 6.07) is 73.7. The van der Waals surface area contributed by atoms with E-state index in [1.165, 1.54) is 77.9 Å². The number of aliphatic imine (C=N–C) groups is 2. The highest BCUT2D eigenvalue weighted by Crippen LogP contribution is 2.63. The molecular weight excluding hydrogens is 887 g/mol. The first-order chi connectivity index (χ1) is 36.1. The largest absolute Gasteiger partial charge is 0.456 e. The number of nitrogens with zero attached hydrogens (tertiary/aromatic N) is 2. The molecule has 4 aliphatic rings. The SMILES string of the molecule is CCC(Cc1ccccc1-c1ccc2c(c1C)-c1ccccc1C21c2ccccc2-c2ccccc21)c1ccc(C2=NC(c3ccc4c(c3)oc3cccc(-c5ccccc5)c34)N=C(C3=CCCC=C3)N2)cc1. The Morgan fingerprint density at radius 3 is 1.97 bits per heavy atom. The summed E-state index contributed by atoms with van der Waals surface area (Å²) in [5, 5.41) is 5.88. The summed E-state index contributed by atoms with van der Waals surface area (Å²) >= 11 is 0. The number of fused-ring (bicyclic) bond motifs is 13. The van der Waals surface area contributed by atoms with E-state index in [2.05, 4.69) is 238 Å². The van der Waals surface area contributed by atoms with Crippen LogP contribution in [0.3, 0.4) is 0 Å². The van der Waals surface area contributed by atoms with Crippen molar-refractivity contribution < 1.29 is 4.42 Å². The van der Waals surface area contributed by atoms with Gasteiger partial charge in [0.05, 0.1) is 5.41 Å². The molecule has 14 rings (SSSR count). The number of rotatable bonds is 9. The normalized spacial score (nSPS) is 16.3. The third-order valence-corrected chi connectivity index (χ3v) is 16.3. The second-order valence-electron chi connectivity index (χ2n) is 20.1. The third-order valence-electron chi connectivity index (χ3n) is 16.3. The Kier molecular flexibility index (Phi) is 10.2. The molecule has 9 aromatic carbocycles.